The van der Waals surface area contributed by atoms with Crippen LogP contribution in [0.3, 0.4) is 0 Å². The minimum atomic E-state index is 0.457. The Bertz CT molecular complexity index is 678. The smallest absolute Gasteiger partial charge is 0.125 e. The van der Waals surface area contributed by atoms with E-state index in [-0.39, 0.29) is 0 Å². The van der Waals surface area contributed by atoms with Crippen molar-refractivity contribution in [2.45, 2.75) is 52.4 Å². The first-order chi connectivity index (χ1) is 12.0. The lowest BCUT2D eigenvalue weighted by atomic mass is 9.85. The van der Waals surface area contributed by atoms with Crippen molar-refractivity contribution in [3.8, 4) is 0 Å². The molecule has 2 heterocycles. The lowest BCUT2D eigenvalue weighted by Gasteiger charge is -2.35. The summed E-state index contributed by atoms with van der Waals surface area (Å²) in [4.78, 5) is 8.67. The molecule has 0 spiro atoms. The van der Waals surface area contributed by atoms with Gasteiger partial charge in [-0.2, -0.15) is 0 Å². The van der Waals surface area contributed by atoms with Crippen LogP contribution in [-0.2, 0) is 12.8 Å². The topological polar surface area (TPSA) is 41.6 Å². The van der Waals surface area contributed by atoms with E-state index in [1.807, 2.05) is 24.5 Å². The summed E-state index contributed by atoms with van der Waals surface area (Å²) < 4.78 is 0. The number of allylic oxidation sites excluding steroid dienone is 1. The number of rotatable bonds is 5. The molecule has 3 nitrogen and oxygen atoms in total. The third-order valence-corrected chi connectivity index (χ3v) is 7.02. The van der Waals surface area contributed by atoms with Crippen LogP contribution in [0.15, 0.2) is 23.8 Å². The van der Waals surface area contributed by atoms with Gasteiger partial charge in [-0.05, 0) is 50.5 Å². The van der Waals surface area contributed by atoms with E-state index in [1.54, 1.807) is 4.88 Å². The van der Waals surface area contributed by atoms with Crippen molar-refractivity contribution >= 4 is 28.2 Å². The molecular formula is C21H31N3S. The van der Waals surface area contributed by atoms with Crippen LogP contribution in [0.1, 0.15) is 55.5 Å². The van der Waals surface area contributed by atoms with Gasteiger partial charge in [0.05, 0.1) is 0 Å². The number of hydrogen-bond donors (Lipinski definition) is 1. The number of aliphatic imine (C=N–C) groups is 1. The van der Waals surface area contributed by atoms with Crippen LogP contribution in [0.2, 0.25) is 0 Å². The number of nitrogens with two attached hydrogens (primary N) is 1. The van der Waals surface area contributed by atoms with Gasteiger partial charge in [-0.25, -0.2) is 4.99 Å². The number of nitrogens with zero attached hydrogens (tertiary/aromatic N) is 2. The van der Waals surface area contributed by atoms with Crippen LogP contribution >= 0.6 is 11.3 Å². The Hall–Kier alpha value is -1.55. The zero-order valence-corrected chi connectivity index (χ0v) is 16.5. The summed E-state index contributed by atoms with van der Waals surface area (Å²) in [6, 6.07) is 0. The van der Waals surface area contributed by atoms with Crippen LogP contribution in [0, 0.1) is 11.8 Å². The van der Waals surface area contributed by atoms with E-state index in [2.05, 4.69) is 25.0 Å². The molecular weight excluding hydrogens is 326 g/mol. The summed E-state index contributed by atoms with van der Waals surface area (Å²) in [6.07, 6.45) is 9.02. The van der Waals surface area contributed by atoms with Crippen LogP contribution in [-0.4, -0.2) is 24.2 Å². The van der Waals surface area contributed by atoms with Gasteiger partial charge < -0.3 is 10.6 Å². The highest BCUT2D eigenvalue weighted by atomic mass is 32.1. The van der Waals surface area contributed by atoms with Gasteiger partial charge in [-0.1, -0.05) is 26.5 Å². The first-order valence-electron chi connectivity index (χ1n) is 9.56. The van der Waals surface area contributed by atoms with Gasteiger partial charge in [0.1, 0.15) is 5.00 Å². The fourth-order valence-corrected chi connectivity index (χ4v) is 5.55. The lowest BCUT2D eigenvalue weighted by Crippen LogP contribution is -2.34. The third kappa shape index (κ3) is 3.69. The van der Waals surface area contributed by atoms with Crippen molar-refractivity contribution in [2.75, 3.05) is 13.1 Å². The maximum Gasteiger partial charge on any atom is 0.125 e. The predicted molar refractivity (Wildman–Crippen MR) is 111 cm³/mol. The fraction of sp³-hybridized carbons (Fsp3) is 0.571. The molecule has 4 heteroatoms. The second-order valence-corrected chi connectivity index (χ2v) is 8.45. The van der Waals surface area contributed by atoms with Crippen molar-refractivity contribution in [1.82, 2.24) is 4.90 Å². The first-order valence-corrected chi connectivity index (χ1v) is 10.4. The van der Waals surface area contributed by atoms with Gasteiger partial charge in [-0.15, -0.1) is 11.3 Å². The molecule has 0 bridgehead atoms. The minimum Gasteiger partial charge on any atom is -0.402 e. The van der Waals surface area contributed by atoms with E-state index in [9.17, 15) is 0 Å². The van der Waals surface area contributed by atoms with E-state index in [0.717, 1.165) is 48.2 Å². The minimum absolute atomic E-state index is 0.457. The quantitative estimate of drug-likeness (QED) is 0.741. The molecule has 1 fully saturated rings. The predicted octanol–water partition coefficient (Wildman–Crippen LogP) is 5.14. The molecule has 1 unspecified atom stereocenters. The van der Waals surface area contributed by atoms with E-state index in [1.165, 1.54) is 36.8 Å². The molecule has 1 atom stereocenters. The summed E-state index contributed by atoms with van der Waals surface area (Å²) in [5.74, 6) is 1.29. The monoisotopic (exact) mass is 357 g/mol. The van der Waals surface area contributed by atoms with Gasteiger partial charge in [-0.3, -0.25) is 0 Å². The number of piperidine rings is 1. The Morgan fingerprint density at radius 2 is 2.04 bits per heavy atom. The fourth-order valence-electron chi connectivity index (χ4n) is 4.17. The van der Waals surface area contributed by atoms with Crippen LogP contribution in [0.4, 0.5) is 5.00 Å². The SMILES string of the molecule is C=C(N)C1CCN(C(=C)c2c(/N=C\C)sc3c2CCC(CC)C3)CC1. The van der Waals surface area contributed by atoms with E-state index in [0.29, 0.717) is 5.92 Å². The molecule has 0 radical (unpaired) electrons. The molecule has 1 aliphatic carbocycles. The maximum atomic E-state index is 5.91. The molecule has 1 aliphatic heterocycles. The van der Waals surface area contributed by atoms with E-state index < -0.39 is 0 Å². The number of thiophene rings is 1. The van der Waals surface area contributed by atoms with Gasteiger partial charge in [0, 0.05) is 47.1 Å². The Kier molecular flexibility index (Phi) is 5.67. The maximum absolute atomic E-state index is 5.91. The normalized spacial score (nSPS) is 21.5. The van der Waals surface area contributed by atoms with E-state index in [4.69, 9.17) is 10.7 Å². The molecule has 2 aliphatic rings. The van der Waals surface area contributed by atoms with Crippen molar-refractivity contribution in [3.63, 3.8) is 0 Å². The Balaban J connectivity index is 1.85. The van der Waals surface area contributed by atoms with E-state index >= 15 is 0 Å². The van der Waals surface area contributed by atoms with Crippen molar-refractivity contribution in [2.24, 2.45) is 22.6 Å². The second-order valence-electron chi connectivity index (χ2n) is 7.37. The van der Waals surface area contributed by atoms with Crippen LogP contribution < -0.4 is 5.73 Å². The van der Waals surface area contributed by atoms with Gasteiger partial charge in [0.2, 0.25) is 0 Å². The Morgan fingerprint density at radius 1 is 1.32 bits per heavy atom. The van der Waals surface area contributed by atoms with Gasteiger partial charge >= 0.3 is 0 Å². The summed E-state index contributed by atoms with van der Waals surface area (Å²) in [5, 5.41) is 1.15. The van der Waals surface area contributed by atoms with Crippen molar-refractivity contribution < 1.29 is 0 Å². The standard InChI is InChI=1S/C21H31N3S/c1-5-16-7-8-18-19(13-16)25-21(23-6-2)20(18)15(4)24-11-9-17(10-12-24)14(3)22/h6,16-17H,3-5,7-13,22H2,1-2H3/b23-6-. The number of hydrogen-bond acceptors (Lipinski definition) is 4. The molecule has 0 saturated carbocycles. The molecule has 0 aromatic carbocycles. The Labute approximate surface area is 156 Å². The van der Waals surface area contributed by atoms with Gasteiger partial charge in [0.15, 0.2) is 0 Å². The molecule has 0 amide bonds. The average Bonchev–Trinajstić information content (AvgIpc) is 2.98. The van der Waals surface area contributed by atoms with Gasteiger partial charge in [0.25, 0.3) is 0 Å². The average molecular weight is 358 g/mol. The van der Waals surface area contributed by atoms with Crippen molar-refractivity contribution in [3.05, 3.63) is 34.9 Å². The molecule has 2 N–H and O–H groups in total. The highest BCUT2D eigenvalue weighted by Gasteiger charge is 2.29. The summed E-state index contributed by atoms with van der Waals surface area (Å²) in [5.41, 5.74) is 10.7. The van der Waals surface area contributed by atoms with Crippen LogP contribution in [0.25, 0.3) is 5.70 Å². The molecule has 25 heavy (non-hydrogen) atoms. The zero-order valence-electron chi connectivity index (χ0n) is 15.7. The summed E-state index contributed by atoms with van der Waals surface area (Å²) in [6.45, 7) is 14.7. The molecule has 1 aromatic rings. The zero-order chi connectivity index (χ0) is 18.0. The highest BCUT2D eigenvalue weighted by molar-refractivity contribution is 7.16. The summed E-state index contributed by atoms with van der Waals surface area (Å²) >= 11 is 1.88. The first kappa shape index (κ1) is 18.2. The highest BCUT2D eigenvalue weighted by Crippen LogP contribution is 2.45. The Morgan fingerprint density at radius 3 is 2.64 bits per heavy atom. The summed E-state index contributed by atoms with van der Waals surface area (Å²) in [7, 11) is 0. The third-order valence-electron chi connectivity index (χ3n) is 5.86. The molecule has 136 valence electrons. The number of fused-ring (bicyclic) bond motifs is 1. The number of likely N-dealkylation sites (tertiary alicyclic amines) is 1. The molecule has 3 rings (SSSR count). The van der Waals surface area contributed by atoms with Crippen molar-refractivity contribution in [1.29, 1.82) is 0 Å². The molecule has 1 saturated heterocycles. The van der Waals surface area contributed by atoms with Crippen LogP contribution in [0.5, 0.6) is 0 Å². The lowest BCUT2D eigenvalue weighted by molar-refractivity contribution is 0.277. The molecule has 1 aromatic heterocycles. The largest absolute Gasteiger partial charge is 0.402 e. The second kappa shape index (κ2) is 7.77.